The molecule has 0 atom stereocenters. The maximum absolute atomic E-state index is 10.6. The van der Waals surface area contributed by atoms with Crippen molar-refractivity contribution in [3.63, 3.8) is 0 Å². The first-order chi connectivity index (χ1) is 6.01. The predicted molar refractivity (Wildman–Crippen MR) is 51.3 cm³/mol. The van der Waals surface area contributed by atoms with Crippen molar-refractivity contribution in [1.29, 1.82) is 0 Å². The van der Waals surface area contributed by atoms with Gasteiger partial charge in [0.15, 0.2) is 0 Å². The minimum atomic E-state index is -3.93. The van der Waals surface area contributed by atoms with Crippen LogP contribution in [0.15, 0.2) is 24.3 Å². The van der Waals surface area contributed by atoms with Crippen LogP contribution in [0.2, 0.25) is 0 Å². The van der Waals surface area contributed by atoms with Gasteiger partial charge in [0.25, 0.3) is 0 Å². The van der Waals surface area contributed by atoms with Crippen molar-refractivity contribution in [2.24, 2.45) is 0 Å². The normalized spacial score (nSPS) is 11.6. The van der Waals surface area contributed by atoms with Gasteiger partial charge in [0.05, 0.1) is 6.16 Å². The number of hydrogen-bond acceptors (Lipinski definition) is 1. The Morgan fingerprint density at radius 3 is 2.00 bits per heavy atom. The zero-order chi connectivity index (χ0) is 9.90. The van der Waals surface area contributed by atoms with E-state index in [4.69, 9.17) is 9.79 Å². The number of rotatable bonds is 3. The molecule has 0 saturated carbocycles. The van der Waals surface area contributed by atoms with Crippen molar-refractivity contribution < 1.29 is 14.4 Å². The fraction of sp³-hybridized carbons (Fsp3) is 0.222. The molecule has 0 amide bonds. The summed E-state index contributed by atoms with van der Waals surface area (Å²) in [4.78, 5) is 17.4. The Bertz CT molecular complexity index is 312. The summed E-state index contributed by atoms with van der Waals surface area (Å²) in [5.41, 5.74) is 1.72. The third-order valence-electron chi connectivity index (χ3n) is 1.70. The molecule has 1 aromatic rings. The van der Waals surface area contributed by atoms with E-state index in [1.165, 1.54) is 0 Å². The third kappa shape index (κ3) is 3.73. The zero-order valence-electron chi connectivity index (χ0n) is 7.18. The monoisotopic (exact) mass is 199 g/mol. The smallest absolute Gasteiger partial charge is 0.324 e. The van der Waals surface area contributed by atoms with Crippen molar-refractivity contribution in [2.75, 3.05) is 0 Å². The summed E-state index contributed by atoms with van der Waals surface area (Å²) >= 11 is 0. The molecular weight excluding hydrogens is 187 g/mol. The highest BCUT2D eigenvalue weighted by molar-refractivity contribution is 7.50. The van der Waals surface area contributed by atoms with E-state index in [1.54, 1.807) is 12.1 Å². The van der Waals surface area contributed by atoms with Gasteiger partial charge in [-0.25, -0.2) is 0 Å². The van der Waals surface area contributed by atoms with Gasteiger partial charge >= 0.3 is 7.60 Å². The van der Waals surface area contributed by atoms with Crippen molar-refractivity contribution >= 4 is 7.60 Å². The summed E-state index contributed by atoms with van der Waals surface area (Å²) < 4.78 is 10.6. The van der Waals surface area contributed by atoms with Gasteiger partial charge in [0.1, 0.15) is 0 Å². The molecule has 0 heterocycles. The van der Waals surface area contributed by atoms with Crippen LogP contribution in [-0.4, -0.2) is 9.79 Å². The fourth-order valence-corrected chi connectivity index (χ4v) is 1.74. The highest BCUT2D eigenvalue weighted by Crippen LogP contribution is 2.38. The van der Waals surface area contributed by atoms with Crippen LogP contribution in [0.3, 0.4) is 0 Å². The molecule has 0 aliphatic carbocycles. The maximum Gasteiger partial charge on any atom is 0.329 e. The lowest BCUT2D eigenvalue weighted by molar-refractivity contribution is 0.371. The molecule has 71 valence electrons. The third-order valence-corrected chi connectivity index (χ3v) is 2.48. The van der Waals surface area contributed by atoms with E-state index in [0.29, 0.717) is 12.0 Å². The summed E-state index contributed by atoms with van der Waals surface area (Å²) in [6, 6.07) is 7.11. The number of benzene rings is 1. The zero-order valence-corrected chi connectivity index (χ0v) is 8.08. The first kappa shape index (κ1) is 10.5. The Balaban J connectivity index is 2.76. The molecule has 0 unspecified atom stereocenters. The van der Waals surface area contributed by atoms with Crippen LogP contribution in [-0.2, 0) is 17.1 Å². The molecule has 4 heteroatoms. The first-order valence-corrected chi connectivity index (χ1v) is 5.72. The predicted octanol–water partition coefficient (Wildman–Crippen LogP) is 1.74. The molecule has 0 bridgehead atoms. The maximum atomic E-state index is 10.6. The van der Waals surface area contributed by atoms with Crippen molar-refractivity contribution in [3.8, 4) is 0 Å². The molecular formula is C9H12O3P. The molecule has 0 spiro atoms. The Labute approximate surface area is 77.6 Å². The SMILES string of the molecule is [CH2]Cc1ccc(CP(=O)(O)O)cc1. The second kappa shape index (κ2) is 4.05. The van der Waals surface area contributed by atoms with E-state index in [0.717, 1.165) is 5.56 Å². The topological polar surface area (TPSA) is 57.5 Å². The van der Waals surface area contributed by atoms with Crippen LogP contribution in [0.1, 0.15) is 11.1 Å². The quantitative estimate of drug-likeness (QED) is 0.729. The summed E-state index contributed by atoms with van der Waals surface area (Å²) in [5, 5.41) is 0. The van der Waals surface area contributed by atoms with Gasteiger partial charge in [-0.15, -0.1) is 0 Å². The Hall–Kier alpha value is -0.630. The van der Waals surface area contributed by atoms with E-state index < -0.39 is 7.60 Å². The largest absolute Gasteiger partial charge is 0.329 e. The Morgan fingerprint density at radius 1 is 1.15 bits per heavy atom. The average Bonchev–Trinajstić information content (AvgIpc) is 2.03. The van der Waals surface area contributed by atoms with Gasteiger partial charge in [-0.1, -0.05) is 24.3 Å². The van der Waals surface area contributed by atoms with Crippen LogP contribution < -0.4 is 0 Å². The summed E-state index contributed by atoms with van der Waals surface area (Å²) in [6.07, 6.45) is 0.501. The Morgan fingerprint density at radius 2 is 1.62 bits per heavy atom. The molecule has 0 aliphatic rings. The van der Waals surface area contributed by atoms with E-state index in [-0.39, 0.29) is 6.16 Å². The summed E-state index contributed by atoms with van der Waals surface area (Å²) in [7, 11) is -3.93. The molecule has 0 aromatic heterocycles. The molecule has 1 aromatic carbocycles. The molecule has 1 rings (SSSR count). The van der Waals surface area contributed by atoms with Crippen LogP contribution >= 0.6 is 7.60 Å². The molecule has 0 saturated heterocycles. The molecule has 1 radical (unpaired) electrons. The molecule has 2 N–H and O–H groups in total. The van der Waals surface area contributed by atoms with E-state index >= 15 is 0 Å². The van der Waals surface area contributed by atoms with Crippen LogP contribution in [0.4, 0.5) is 0 Å². The lowest BCUT2D eigenvalue weighted by Gasteiger charge is -2.04. The highest BCUT2D eigenvalue weighted by atomic mass is 31.2. The lowest BCUT2D eigenvalue weighted by atomic mass is 10.1. The molecule has 0 aliphatic heterocycles. The highest BCUT2D eigenvalue weighted by Gasteiger charge is 2.13. The molecule has 0 fully saturated rings. The van der Waals surface area contributed by atoms with Crippen LogP contribution in [0.25, 0.3) is 0 Å². The van der Waals surface area contributed by atoms with Crippen molar-refractivity contribution in [1.82, 2.24) is 0 Å². The van der Waals surface area contributed by atoms with E-state index in [9.17, 15) is 4.57 Å². The minimum absolute atomic E-state index is 0.190. The fourth-order valence-electron chi connectivity index (χ4n) is 1.05. The molecule has 3 nitrogen and oxygen atoms in total. The standard InChI is InChI=1S/C9H12O3P/c1-2-8-3-5-9(6-4-8)7-13(10,11)12/h3-6H,1-2,7H2,(H2,10,11,12). The van der Waals surface area contributed by atoms with Crippen LogP contribution in [0.5, 0.6) is 0 Å². The van der Waals surface area contributed by atoms with E-state index in [1.807, 2.05) is 12.1 Å². The summed E-state index contributed by atoms with van der Waals surface area (Å²) in [5.74, 6) is 0. The van der Waals surface area contributed by atoms with Crippen molar-refractivity contribution in [3.05, 3.63) is 42.3 Å². The lowest BCUT2D eigenvalue weighted by Crippen LogP contribution is -1.87. The first-order valence-electron chi connectivity index (χ1n) is 3.93. The van der Waals surface area contributed by atoms with Crippen molar-refractivity contribution in [2.45, 2.75) is 12.6 Å². The summed E-state index contributed by atoms with van der Waals surface area (Å²) in [6.45, 7) is 3.71. The second-order valence-corrected chi connectivity index (χ2v) is 4.53. The van der Waals surface area contributed by atoms with Gasteiger partial charge < -0.3 is 9.79 Å². The number of hydrogen-bond donors (Lipinski definition) is 2. The second-order valence-electron chi connectivity index (χ2n) is 2.89. The minimum Gasteiger partial charge on any atom is -0.324 e. The van der Waals surface area contributed by atoms with E-state index in [2.05, 4.69) is 6.92 Å². The average molecular weight is 199 g/mol. The van der Waals surface area contributed by atoms with Crippen LogP contribution in [0, 0.1) is 6.92 Å². The molecule has 13 heavy (non-hydrogen) atoms. The van der Waals surface area contributed by atoms with Gasteiger partial charge in [0.2, 0.25) is 0 Å². The van der Waals surface area contributed by atoms with Gasteiger partial charge in [0, 0.05) is 0 Å². The Kier molecular flexibility index (Phi) is 3.26. The van der Waals surface area contributed by atoms with Gasteiger partial charge in [-0.05, 0) is 24.5 Å². The van der Waals surface area contributed by atoms with Gasteiger partial charge in [-0.2, -0.15) is 0 Å². The van der Waals surface area contributed by atoms with Gasteiger partial charge in [-0.3, -0.25) is 4.57 Å².